The first kappa shape index (κ1) is 18.3. The van der Waals surface area contributed by atoms with E-state index in [2.05, 4.69) is 0 Å². The third kappa shape index (κ3) is 4.10. The molecule has 0 saturated carbocycles. The number of likely N-dealkylation sites (tertiary alicyclic amines) is 1. The molecule has 2 fully saturated rings. The van der Waals surface area contributed by atoms with E-state index in [-0.39, 0.29) is 12.5 Å². The van der Waals surface area contributed by atoms with Gasteiger partial charge in [0, 0.05) is 25.9 Å². The number of carbonyl (C=O) groups is 1. The predicted molar refractivity (Wildman–Crippen MR) is 103 cm³/mol. The molecule has 2 aromatic rings. The van der Waals surface area contributed by atoms with Crippen molar-refractivity contribution >= 4 is 17.5 Å². The molecule has 0 aromatic heterocycles. The molecule has 2 aliphatic rings. The van der Waals surface area contributed by atoms with Crippen molar-refractivity contribution in [2.75, 3.05) is 32.9 Å². The maximum absolute atomic E-state index is 12.5. The molecule has 0 atom stereocenters. The molecule has 4 rings (SSSR count). The molecule has 0 aliphatic carbocycles. The molecule has 2 aromatic carbocycles. The van der Waals surface area contributed by atoms with Crippen LogP contribution in [0.2, 0.25) is 5.02 Å². The first-order chi connectivity index (χ1) is 13.2. The van der Waals surface area contributed by atoms with E-state index < -0.39 is 5.79 Å². The Morgan fingerprint density at radius 3 is 2.41 bits per heavy atom. The standard InChI is InChI=1S/C21H22ClNO4/c22-18-14-17(16-4-2-1-3-5-16)6-7-19(18)25-15-20(24)23-10-8-21(9-11-23)26-12-13-27-21/h1-7,14H,8-13,15H2. The lowest BCUT2D eigenvalue weighted by Gasteiger charge is -2.37. The van der Waals surface area contributed by atoms with Crippen molar-refractivity contribution in [1.82, 2.24) is 4.90 Å². The lowest BCUT2D eigenvalue weighted by Crippen LogP contribution is -2.48. The summed E-state index contributed by atoms with van der Waals surface area (Å²) in [6, 6.07) is 15.6. The van der Waals surface area contributed by atoms with E-state index in [4.69, 9.17) is 25.8 Å². The summed E-state index contributed by atoms with van der Waals surface area (Å²) in [5.41, 5.74) is 2.10. The van der Waals surface area contributed by atoms with Crippen molar-refractivity contribution in [3.63, 3.8) is 0 Å². The van der Waals surface area contributed by atoms with Crippen molar-refractivity contribution < 1.29 is 19.0 Å². The fourth-order valence-corrected chi connectivity index (χ4v) is 3.78. The van der Waals surface area contributed by atoms with Crippen LogP contribution >= 0.6 is 11.6 Å². The van der Waals surface area contributed by atoms with Gasteiger partial charge in [-0.1, -0.05) is 48.0 Å². The van der Waals surface area contributed by atoms with Gasteiger partial charge < -0.3 is 19.1 Å². The number of benzene rings is 2. The lowest BCUT2D eigenvalue weighted by atomic mass is 10.0. The highest BCUT2D eigenvalue weighted by Gasteiger charge is 2.40. The van der Waals surface area contributed by atoms with Crippen molar-refractivity contribution in [2.24, 2.45) is 0 Å². The summed E-state index contributed by atoms with van der Waals surface area (Å²) in [5, 5.41) is 0.495. The monoisotopic (exact) mass is 387 g/mol. The maximum atomic E-state index is 12.5. The van der Waals surface area contributed by atoms with Crippen molar-refractivity contribution in [3.05, 3.63) is 53.6 Å². The highest BCUT2D eigenvalue weighted by atomic mass is 35.5. The summed E-state index contributed by atoms with van der Waals surface area (Å²) in [7, 11) is 0. The van der Waals surface area contributed by atoms with E-state index in [1.54, 1.807) is 4.90 Å². The number of hydrogen-bond acceptors (Lipinski definition) is 4. The average Bonchev–Trinajstić information content (AvgIpc) is 3.16. The minimum Gasteiger partial charge on any atom is -0.482 e. The van der Waals surface area contributed by atoms with Crippen molar-refractivity contribution in [1.29, 1.82) is 0 Å². The Hall–Kier alpha value is -2.08. The molecule has 2 heterocycles. The molecule has 2 saturated heterocycles. The van der Waals surface area contributed by atoms with Gasteiger partial charge in [-0.2, -0.15) is 0 Å². The van der Waals surface area contributed by atoms with Crippen LogP contribution in [0.3, 0.4) is 0 Å². The summed E-state index contributed by atoms with van der Waals surface area (Å²) in [6.45, 7) is 2.47. The molecule has 1 amide bonds. The van der Waals surface area contributed by atoms with E-state index in [0.29, 0.717) is 49.9 Å². The summed E-state index contributed by atoms with van der Waals surface area (Å²) >= 11 is 6.35. The Bertz CT molecular complexity index is 795. The minimum atomic E-state index is -0.478. The predicted octanol–water partition coefficient (Wildman–Crippen LogP) is 3.75. The number of nitrogens with zero attached hydrogens (tertiary/aromatic N) is 1. The zero-order valence-electron chi connectivity index (χ0n) is 15.0. The number of rotatable bonds is 4. The van der Waals surface area contributed by atoms with Gasteiger partial charge in [0.25, 0.3) is 5.91 Å². The number of hydrogen-bond donors (Lipinski definition) is 0. The maximum Gasteiger partial charge on any atom is 0.260 e. The van der Waals surface area contributed by atoms with Crippen molar-refractivity contribution in [2.45, 2.75) is 18.6 Å². The summed E-state index contributed by atoms with van der Waals surface area (Å²) in [5.74, 6) is -0.0134. The number of amides is 1. The molecule has 0 unspecified atom stereocenters. The molecule has 6 heteroatoms. The first-order valence-electron chi connectivity index (χ1n) is 9.19. The largest absolute Gasteiger partial charge is 0.482 e. The van der Waals surface area contributed by atoms with Gasteiger partial charge in [0.15, 0.2) is 12.4 Å². The lowest BCUT2D eigenvalue weighted by molar-refractivity contribution is -0.187. The van der Waals surface area contributed by atoms with E-state index in [1.807, 2.05) is 48.5 Å². The second kappa shape index (κ2) is 7.89. The highest BCUT2D eigenvalue weighted by Crippen LogP contribution is 2.32. The van der Waals surface area contributed by atoms with Crippen LogP contribution < -0.4 is 4.74 Å². The van der Waals surface area contributed by atoms with Gasteiger partial charge in [0.2, 0.25) is 0 Å². The molecule has 142 valence electrons. The van der Waals surface area contributed by atoms with Crippen LogP contribution in [0.4, 0.5) is 0 Å². The van der Waals surface area contributed by atoms with Gasteiger partial charge in [-0.25, -0.2) is 0 Å². The van der Waals surface area contributed by atoms with Crippen LogP contribution in [0.1, 0.15) is 12.8 Å². The fourth-order valence-electron chi connectivity index (χ4n) is 3.54. The van der Waals surface area contributed by atoms with Crippen molar-refractivity contribution in [3.8, 4) is 16.9 Å². The fraction of sp³-hybridized carbons (Fsp3) is 0.381. The molecule has 1 spiro atoms. The normalized spacial score (nSPS) is 18.6. The average molecular weight is 388 g/mol. The number of halogens is 1. The van der Waals surface area contributed by atoms with Crippen LogP contribution in [-0.2, 0) is 14.3 Å². The van der Waals surface area contributed by atoms with Gasteiger partial charge in [-0.3, -0.25) is 4.79 Å². The van der Waals surface area contributed by atoms with Gasteiger partial charge >= 0.3 is 0 Å². The molecule has 0 N–H and O–H groups in total. The number of piperidine rings is 1. The Kier molecular flexibility index (Phi) is 5.34. The van der Waals surface area contributed by atoms with Gasteiger partial charge in [-0.05, 0) is 23.3 Å². The van der Waals surface area contributed by atoms with Crippen LogP contribution in [0.15, 0.2) is 48.5 Å². The first-order valence-corrected chi connectivity index (χ1v) is 9.56. The zero-order valence-corrected chi connectivity index (χ0v) is 15.8. The van der Waals surface area contributed by atoms with E-state index >= 15 is 0 Å². The van der Waals surface area contributed by atoms with E-state index in [1.165, 1.54) is 0 Å². The van der Waals surface area contributed by atoms with Crippen LogP contribution in [0.25, 0.3) is 11.1 Å². The van der Waals surface area contributed by atoms with Gasteiger partial charge in [-0.15, -0.1) is 0 Å². The Morgan fingerprint density at radius 1 is 1.04 bits per heavy atom. The van der Waals surface area contributed by atoms with Crippen LogP contribution in [0, 0.1) is 0 Å². The molecule has 0 radical (unpaired) electrons. The van der Waals surface area contributed by atoms with E-state index in [0.717, 1.165) is 11.1 Å². The number of ether oxygens (including phenoxy) is 3. The molecular formula is C21H22ClNO4. The second-order valence-corrected chi connectivity index (χ2v) is 7.20. The zero-order chi connectivity index (χ0) is 18.7. The molecular weight excluding hydrogens is 366 g/mol. The summed E-state index contributed by atoms with van der Waals surface area (Å²) < 4.78 is 17.1. The second-order valence-electron chi connectivity index (χ2n) is 6.79. The summed E-state index contributed by atoms with van der Waals surface area (Å²) in [4.78, 5) is 14.2. The summed E-state index contributed by atoms with van der Waals surface area (Å²) in [6.07, 6.45) is 1.40. The molecule has 0 bridgehead atoms. The van der Waals surface area contributed by atoms with Gasteiger partial charge in [0.05, 0.1) is 18.2 Å². The van der Waals surface area contributed by atoms with Crippen LogP contribution in [-0.4, -0.2) is 49.5 Å². The van der Waals surface area contributed by atoms with Gasteiger partial charge in [0.1, 0.15) is 5.75 Å². The SMILES string of the molecule is O=C(COc1ccc(-c2ccccc2)cc1Cl)N1CCC2(CC1)OCCO2. The quantitative estimate of drug-likeness (QED) is 0.801. The third-order valence-corrected chi connectivity index (χ3v) is 5.38. The van der Waals surface area contributed by atoms with E-state index in [9.17, 15) is 4.79 Å². The Morgan fingerprint density at radius 2 is 1.74 bits per heavy atom. The molecule has 5 nitrogen and oxygen atoms in total. The Labute approximate surface area is 163 Å². The smallest absolute Gasteiger partial charge is 0.260 e. The number of carbonyl (C=O) groups excluding carboxylic acids is 1. The highest BCUT2D eigenvalue weighted by molar-refractivity contribution is 6.32. The Balaban J connectivity index is 1.33. The van der Waals surface area contributed by atoms with Crippen LogP contribution in [0.5, 0.6) is 5.75 Å². The minimum absolute atomic E-state index is 0.0287. The molecule has 2 aliphatic heterocycles. The third-order valence-electron chi connectivity index (χ3n) is 5.08. The molecule has 27 heavy (non-hydrogen) atoms. The topological polar surface area (TPSA) is 48.0 Å².